The number of rotatable bonds is 4. The van der Waals surface area contributed by atoms with Crippen LogP contribution in [0.25, 0.3) is 0 Å². The zero-order valence-electron chi connectivity index (χ0n) is 12.9. The van der Waals surface area contributed by atoms with Crippen LogP contribution in [0.1, 0.15) is 34.6 Å². The van der Waals surface area contributed by atoms with Crippen molar-refractivity contribution >= 4 is 23.9 Å². The third-order valence-electron chi connectivity index (χ3n) is 2.73. The van der Waals surface area contributed by atoms with Crippen LogP contribution >= 0.6 is 0 Å². The minimum atomic E-state index is -1.29. The number of ether oxygens (including phenoxy) is 2. The van der Waals surface area contributed by atoms with Crippen LogP contribution in [0.4, 0.5) is 0 Å². The zero-order chi connectivity index (χ0) is 16.3. The molecule has 2 amide bonds. The Kier molecular flexibility index (Phi) is 4.93. The van der Waals surface area contributed by atoms with Crippen LogP contribution in [-0.2, 0) is 23.9 Å². The van der Waals surface area contributed by atoms with Gasteiger partial charge < -0.3 is 20.1 Å². The van der Waals surface area contributed by atoms with E-state index in [9.17, 15) is 14.4 Å². The molecule has 118 valence electrons. The summed E-state index contributed by atoms with van der Waals surface area (Å²) in [6, 6.07) is 0. The molecule has 2 N–H and O–H groups in total. The summed E-state index contributed by atoms with van der Waals surface area (Å²) in [5, 5.41) is 5.04. The van der Waals surface area contributed by atoms with Crippen LogP contribution in [-0.4, -0.2) is 48.1 Å². The topological polar surface area (TPSA) is 106 Å². The average molecular weight is 299 g/mol. The lowest BCUT2D eigenvalue weighted by Gasteiger charge is -2.30. The van der Waals surface area contributed by atoms with Gasteiger partial charge in [-0.3, -0.25) is 9.59 Å². The van der Waals surface area contributed by atoms with Crippen molar-refractivity contribution in [2.75, 3.05) is 13.2 Å². The number of carbonyl (C=O) groups excluding carboxylic acids is 3. The summed E-state index contributed by atoms with van der Waals surface area (Å²) in [6.45, 7) is 8.17. The maximum absolute atomic E-state index is 12.2. The molecule has 0 atom stereocenters. The molecule has 8 nitrogen and oxygen atoms in total. The second kappa shape index (κ2) is 6.11. The third kappa shape index (κ3) is 4.73. The molecule has 0 aromatic carbocycles. The predicted molar refractivity (Wildman–Crippen MR) is 74.5 cm³/mol. The van der Waals surface area contributed by atoms with Gasteiger partial charge in [0.2, 0.25) is 11.8 Å². The van der Waals surface area contributed by atoms with Crippen molar-refractivity contribution in [1.29, 1.82) is 0 Å². The van der Waals surface area contributed by atoms with Crippen molar-refractivity contribution in [1.82, 2.24) is 10.6 Å². The summed E-state index contributed by atoms with van der Waals surface area (Å²) in [5.74, 6) is -1.55. The minimum Gasteiger partial charge on any atom is -0.448 e. The SMILES string of the molecule is CC(=O)NC(C)(C)C(=O)NC(C)(C)C(=O)OC1=NCCO1. The summed E-state index contributed by atoms with van der Waals surface area (Å²) in [5.41, 5.74) is -2.44. The number of aliphatic imine (C=N–C) groups is 1. The highest BCUT2D eigenvalue weighted by molar-refractivity contribution is 5.96. The Morgan fingerprint density at radius 3 is 2.24 bits per heavy atom. The van der Waals surface area contributed by atoms with Crippen molar-refractivity contribution in [3.05, 3.63) is 0 Å². The molecule has 0 spiro atoms. The first kappa shape index (κ1) is 16.9. The van der Waals surface area contributed by atoms with Gasteiger partial charge >= 0.3 is 12.1 Å². The van der Waals surface area contributed by atoms with Gasteiger partial charge in [-0.15, -0.1) is 0 Å². The van der Waals surface area contributed by atoms with Crippen molar-refractivity contribution < 1.29 is 23.9 Å². The molecule has 1 rings (SSSR count). The summed E-state index contributed by atoms with van der Waals surface area (Å²) >= 11 is 0. The molecule has 0 radical (unpaired) electrons. The van der Waals surface area contributed by atoms with E-state index < -0.39 is 23.0 Å². The summed E-state index contributed by atoms with van der Waals surface area (Å²) in [6.07, 6.45) is -0.0940. The fourth-order valence-corrected chi connectivity index (χ4v) is 1.57. The van der Waals surface area contributed by atoms with Crippen molar-refractivity contribution in [3.8, 4) is 0 Å². The minimum absolute atomic E-state index is 0.0940. The molecule has 1 heterocycles. The molecular weight excluding hydrogens is 278 g/mol. The highest BCUT2D eigenvalue weighted by Gasteiger charge is 2.38. The van der Waals surface area contributed by atoms with Gasteiger partial charge in [-0.1, -0.05) is 0 Å². The Morgan fingerprint density at radius 1 is 1.14 bits per heavy atom. The smallest absolute Gasteiger partial charge is 0.391 e. The highest BCUT2D eigenvalue weighted by Crippen LogP contribution is 2.11. The van der Waals surface area contributed by atoms with Crippen LogP contribution in [0.2, 0.25) is 0 Å². The molecule has 0 saturated heterocycles. The first-order valence-electron chi connectivity index (χ1n) is 6.55. The summed E-state index contributed by atoms with van der Waals surface area (Å²) in [7, 11) is 0. The largest absolute Gasteiger partial charge is 0.448 e. The second-order valence-corrected chi connectivity index (χ2v) is 5.77. The zero-order valence-corrected chi connectivity index (χ0v) is 12.9. The third-order valence-corrected chi connectivity index (χ3v) is 2.73. The molecule has 0 aromatic rings. The molecule has 0 aromatic heterocycles. The number of hydrogen-bond acceptors (Lipinski definition) is 6. The van der Waals surface area contributed by atoms with Gasteiger partial charge in [0.1, 0.15) is 17.7 Å². The Labute approximate surface area is 123 Å². The molecule has 0 aliphatic carbocycles. The van der Waals surface area contributed by atoms with Crippen LogP contribution in [0.15, 0.2) is 4.99 Å². The van der Waals surface area contributed by atoms with Gasteiger partial charge in [0.25, 0.3) is 0 Å². The van der Waals surface area contributed by atoms with Crippen molar-refractivity contribution in [3.63, 3.8) is 0 Å². The molecule has 1 aliphatic heterocycles. The normalized spacial score (nSPS) is 14.8. The lowest BCUT2D eigenvalue weighted by Crippen LogP contribution is -2.61. The first-order valence-corrected chi connectivity index (χ1v) is 6.55. The van der Waals surface area contributed by atoms with Gasteiger partial charge in [-0.25, -0.2) is 9.79 Å². The van der Waals surface area contributed by atoms with Gasteiger partial charge in [0, 0.05) is 6.92 Å². The fourth-order valence-electron chi connectivity index (χ4n) is 1.57. The predicted octanol–water partition coefficient (Wildman–Crippen LogP) is -0.275. The van der Waals surface area contributed by atoms with E-state index >= 15 is 0 Å². The van der Waals surface area contributed by atoms with E-state index in [1.54, 1.807) is 0 Å². The van der Waals surface area contributed by atoms with Crippen LogP contribution < -0.4 is 10.6 Å². The van der Waals surface area contributed by atoms with E-state index in [-0.39, 0.29) is 12.0 Å². The van der Waals surface area contributed by atoms with E-state index in [2.05, 4.69) is 15.6 Å². The Morgan fingerprint density at radius 2 is 1.76 bits per heavy atom. The number of carbonyl (C=O) groups is 3. The number of amides is 2. The molecule has 0 unspecified atom stereocenters. The molecule has 1 aliphatic rings. The number of hydrogen-bond donors (Lipinski definition) is 2. The van der Waals surface area contributed by atoms with Crippen molar-refractivity contribution in [2.45, 2.75) is 45.7 Å². The molecule has 8 heteroatoms. The second-order valence-electron chi connectivity index (χ2n) is 5.77. The van der Waals surface area contributed by atoms with E-state index in [0.717, 1.165) is 0 Å². The number of esters is 1. The fraction of sp³-hybridized carbons (Fsp3) is 0.692. The van der Waals surface area contributed by atoms with Crippen LogP contribution in [0.3, 0.4) is 0 Å². The highest BCUT2D eigenvalue weighted by atomic mass is 16.7. The maximum atomic E-state index is 12.2. The summed E-state index contributed by atoms with van der Waals surface area (Å²) in [4.78, 5) is 39.1. The lowest BCUT2D eigenvalue weighted by molar-refractivity contribution is -0.147. The van der Waals surface area contributed by atoms with Crippen molar-refractivity contribution in [2.24, 2.45) is 4.99 Å². The van der Waals surface area contributed by atoms with Crippen LogP contribution in [0, 0.1) is 0 Å². The monoisotopic (exact) mass is 299 g/mol. The van der Waals surface area contributed by atoms with Gasteiger partial charge in [0.15, 0.2) is 0 Å². The van der Waals surface area contributed by atoms with Gasteiger partial charge in [0.05, 0.1) is 6.54 Å². The van der Waals surface area contributed by atoms with Gasteiger partial charge in [-0.2, -0.15) is 0 Å². The molecule has 0 saturated carbocycles. The number of nitrogens with one attached hydrogen (secondary N) is 2. The molecule has 0 fully saturated rings. The molecule has 21 heavy (non-hydrogen) atoms. The van der Waals surface area contributed by atoms with E-state index in [4.69, 9.17) is 9.47 Å². The first-order chi connectivity index (χ1) is 9.54. The number of nitrogens with zero attached hydrogens (tertiary/aromatic N) is 1. The van der Waals surface area contributed by atoms with E-state index in [1.807, 2.05) is 0 Å². The quantitative estimate of drug-likeness (QED) is 0.695. The molecule has 0 bridgehead atoms. The Balaban J connectivity index is 2.67. The average Bonchev–Trinajstić information content (AvgIpc) is 2.79. The Bertz CT molecular complexity index is 482. The maximum Gasteiger partial charge on any atom is 0.391 e. The lowest BCUT2D eigenvalue weighted by atomic mass is 10.00. The standard InChI is InChI=1S/C13H21N3O5/c1-8(17)15-12(2,3)9(18)16-13(4,5)10(19)21-11-14-6-7-20-11/h6-7H2,1-5H3,(H,15,17)(H,16,18). The Hall–Kier alpha value is -2.12. The molecular formula is C13H21N3O5. The van der Waals surface area contributed by atoms with E-state index in [0.29, 0.717) is 13.2 Å². The van der Waals surface area contributed by atoms with Gasteiger partial charge in [-0.05, 0) is 27.7 Å². The summed E-state index contributed by atoms with van der Waals surface area (Å²) < 4.78 is 9.94. The van der Waals surface area contributed by atoms with Crippen LogP contribution in [0.5, 0.6) is 0 Å². The van der Waals surface area contributed by atoms with E-state index in [1.165, 1.54) is 34.6 Å².